The van der Waals surface area contributed by atoms with Crippen LogP contribution in [0.15, 0.2) is 6.20 Å². The van der Waals surface area contributed by atoms with E-state index in [0.29, 0.717) is 0 Å². The lowest BCUT2D eigenvalue weighted by molar-refractivity contribution is -0.390. The molecule has 0 spiro atoms. The van der Waals surface area contributed by atoms with Gasteiger partial charge in [-0.25, -0.2) is 8.78 Å². The van der Waals surface area contributed by atoms with E-state index >= 15 is 0 Å². The summed E-state index contributed by atoms with van der Waals surface area (Å²) in [6.07, 6.45) is -1.64. The molecule has 0 saturated carbocycles. The van der Waals surface area contributed by atoms with Gasteiger partial charge in [-0.3, -0.25) is 0 Å². The van der Waals surface area contributed by atoms with Gasteiger partial charge in [0.25, 0.3) is 6.43 Å². The number of alkyl halides is 3. The molecule has 0 aliphatic carbocycles. The molecule has 0 radical (unpaired) electrons. The van der Waals surface area contributed by atoms with Crippen LogP contribution in [0.4, 0.5) is 14.6 Å². The van der Waals surface area contributed by atoms with Crippen molar-refractivity contribution in [1.29, 1.82) is 0 Å². The van der Waals surface area contributed by atoms with E-state index in [-0.39, 0.29) is 22.0 Å². The molecule has 1 aromatic heterocycles. The first-order chi connectivity index (χ1) is 6.99. The summed E-state index contributed by atoms with van der Waals surface area (Å²) >= 11 is 3.03. The van der Waals surface area contributed by atoms with E-state index in [2.05, 4.69) is 20.9 Å². The zero-order valence-electron chi connectivity index (χ0n) is 7.71. The average molecular weight is 281 g/mol. The van der Waals surface area contributed by atoms with E-state index in [0.717, 1.165) is 6.20 Å². The number of nitro groups is 1. The van der Waals surface area contributed by atoms with Crippen LogP contribution in [0.1, 0.15) is 23.1 Å². The molecule has 1 rings (SSSR count). The second-order valence-corrected chi connectivity index (χ2v) is 3.40. The lowest BCUT2D eigenvalue weighted by Crippen LogP contribution is -2.03. The van der Waals surface area contributed by atoms with E-state index in [9.17, 15) is 18.9 Å². The molecule has 7 heteroatoms. The summed E-state index contributed by atoms with van der Waals surface area (Å²) in [5, 5.41) is 10.7. The van der Waals surface area contributed by atoms with Crippen molar-refractivity contribution in [2.24, 2.45) is 0 Å². The third-order valence-electron chi connectivity index (χ3n) is 1.96. The van der Waals surface area contributed by atoms with Crippen molar-refractivity contribution in [3.63, 3.8) is 0 Å². The van der Waals surface area contributed by atoms with Gasteiger partial charge in [0.2, 0.25) is 0 Å². The predicted octanol–water partition coefficient (Wildman–Crippen LogP) is 3.13. The summed E-state index contributed by atoms with van der Waals surface area (Å²) in [5.41, 5.74) is -0.117. The van der Waals surface area contributed by atoms with Gasteiger partial charge in [-0.2, -0.15) is 0 Å². The Bertz CT molecular complexity index is 398. The third-order valence-corrected chi connectivity index (χ3v) is 2.57. The van der Waals surface area contributed by atoms with E-state index < -0.39 is 17.2 Å². The van der Waals surface area contributed by atoms with Crippen molar-refractivity contribution >= 4 is 21.7 Å². The molecule has 82 valence electrons. The van der Waals surface area contributed by atoms with Crippen LogP contribution in [-0.2, 0) is 5.33 Å². The number of rotatable bonds is 3. The highest BCUT2D eigenvalue weighted by Gasteiger charge is 2.24. The van der Waals surface area contributed by atoms with Gasteiger partial charge in [0, 0.05) is 16.5 Å². The summed E-state index contributed by atoms with van der Waals surface area (Å²) < 4.78 is 25.3. The van der Waals surface area contributed by atoms with Crippen molar-refractivity contribution in [1.82, 2.24) is 4.98 Å². The monoisotopic (exact) mass is 280 g/mol. The maximum atomic E-state index is 12.6. The third kappa shape index (κ3) is 2.28. The van der Waals surface area contributed by atoms with Crippen LogP contribution in [0.2, 0.25) is 0 Å². The Morgan fingerprint density at radius 1 is 1.67 bits per heavy atom. The summed E-state index contributed by atoms with van der Waals surface area (Å²) in [6.45, 7) is 1.28. The molecule has 1 aromatic rings. The molecule has 0 bridgehead atoms. The molecule has 0 aromatic carbocycles. The number of nitrogens with zero attached hydrogens (tertiary/aromatic N) is 2. The average Bonchev–Trinajstić information content (AvgIpc) is 2.15. The van der Waals surface area contributed by atoms with Gasteiger partial charge >= 0.3 is 5.82 Å². The molecular weight excluding hydrogens is 274 g/mol. The molecule has 0 aliphatic heterocycles. The van der Waals surface area contributed by atoms with Crippen LogP contribution >= 0.6 is 15.9 Å². The topological polar surface area (TPSA) is 56.0 Å². The smallest absolute Gasteiger partial charge is 0.358 e. The van der Waals surface area contributed by atoms with E-state index in [4.69, 9.17) is 0 Å². The Labute approximate surface area is 92.6 Å². The van der Waals surface area contributed by atoms with Gasteiger partial charge in [-0.15, -0.1) is 0 Å². The minimum atomic E-state index is -2.74. The molecule has 0 unspecified atom stereocenters. The van der Waals surface area contributed by atoms with Crippen LogP contribution in [0.5, 0.6) is 0 Å². The molecule has 4 nitrogen and oxygen atoms in total. The molecule has 15 heavy (non-hydrogen) atoms. The number of hydrogen-bond donors (Lipinski definition) is 0. The highest BCUT2D eigenvalue weighted by molar-refractivity contribution is 9.08. The SMILES string of the molecule is Cc1c([N+](=O)[O-])ncc(CBr)c1C(F)F. The molecule has 0 saturated heterocycles. The van der Waals surface area contributed by atoms with Crippen molar-refractivity contribution in [3.8, 4) is 0 Å². The van der Waals surface area contributed by atoms with Crippen molar-refractivity contribution in [2.45, 2.75) is 18.7 Å². The lowest BCUT2D eigenvalue weighted by Gasteiger charge is -2.08. The number of halogens is 3. The van der Waals surface area contributed by atoms with Gasteiger partial charge in [-0.1, -0.05) is 15.9 Å². The van der Waals surface area contributed by atoms with Crippen LogP contribution in [0.25, 0.3) is 0 Å². The molecule has 0 aliphatic rings. The first-order valence-corrected chi connectivity index (χ1v) is 5.08. The Hall–Kier alpha value is -1.11. The Morgan fingerprint density at radius 2 is 2.27 bits per heavy atom. The van der Waals surface area contributed by atoms with E-state index in [1.165, 1.54) is 6.92 Å². The van der Waals surface area contributed by atoms with Gasteiger partial charge in [0.05, 0.1) is 5.56 Å². The molecule has 0 atom stereocenters. The fourth-order valence-electron chi connectivity index (χ4n) is 1.26. The summed E-state index contributed by atoms with van der Waals surface area (Å²) in [7, 11) is 0. The highest BCUT2D eigenvalue weighted by atomic mass is 79.9. The van der Waals surface area contributed by atoms with Gasteiger partial charge < -0.3 is 10.1 Å². The molecular formula is C8H7BrF2N2O2. The Kier molecular flexibility index (Phi) is 3.67. The first-order valence-electron chi connectivity index (χ1n) is 3.96. The fourth-order valence-corrected chi connectivity index (χ4v) is 1.71. The van der Waals surface area contributed by atoms with Crippen LogP contribution < -0.4 is 0 Å². The fraction of sp³-hybridized carbons (Fsp3) is 0.375. The van der Waals surface area contributed by atoms with Crippen LogP contribution in [-0.4, -0.2) is 9.91 Å². The first kappa shape index (κ1) is 12.0. The molecule has 1 heterocycles. The molecule has 0 fully saturated rings. The van der Waals surface area contributed by atoms with E-state index in [1.54, 1.807) is 0 Å². The van der Waals surface area contributed by atoms with Crippen molar-refractivity contribution in [2.75, 3.05) is 0 Å². The number of pyridine rings is 1. The highest BCUT2D eigenvalue weighted by Crippen LogP contribution is 2.31. The summed E-state index contributed by atoms with van der Waals surface area (Å²) in [5.74, 6) is -0.519. The normalized spacial score (nSPS) is 10.7. The second-order valence-electron chi connectivity index (χ2n) is 2.84. The van der Waals surface area contributed by atoms with Crippen LogP contribution in [0, 0.1) is 17.0 Å². The zero-order valence-corrected chi connectivity index (χ0v) is 9.29. The van der Waals surface area contributed by atoms with Crippen molar-refractivity contribution in [3.05, 3.63) is 33.0 Å². The quantitative estimate of drug-likeness (QED) is 0.486. The Balaban J connectivity index is 3.42. The number of hydrogen-bond acceptors (Lipinski definition) is 3. The maximum absolute atomic E-state index is 12.6. The van der Waals surface area contributed by atoms with Crippen molar-refractivity contribution < 1.29 is 13.7 Å². The van der Waals surface area contributed by atoms with E-state index in [1.807, 2.05) is 0 Å². The molecule has 0 N–H and O–H groups in total. The minimum absolute atomic E-state index is 0.0769. The number of aromatic nitrogens is 1. The Morgan fingerprint density at radius 3 is 2.67 bits per heavy atom. The lowest BCUT2D eigenvalue weighted by atomic mass is 10.1. The van der Waals surface area contributed by atoms with Gasteiger partial charge in [-0.05, 0) is 16.8 Å². The second kappa shape index (κ2) is 4.61. The zero-order chi connectivity index (χ0) is 11.6. The standard InChI is InChI=1S/C8H7BrF2N2O2/c1-4-6(7(10)11)5(2-9)3-12-8(4)13(14)15/h3,7H,2H2,1H3. The van der Waals surface area contributed by atoms with Gasteiger partial charge in [0.1, 0.15) is 6.20 Å². The van der Waals surface area contributed by atoms with Crippen LogP contribution in [0.3, 0.4) is 0 Å². The summed E-state index contributed by atoms with van der Waals surface area (Å²) in [4.78, 5) is 13.2. The maximum Gasteiger partial charge on any atom is 0.366 e. The largest absolute Gasteiger partial charge is 0.366 e. The minimum Gasteiger partial charge on any atom is -0.358 e. The summed E-state index contributed by atoms with van der Waals surface area (Å²) in [6, 6.07) is 0. The van der Waals surface area contributed by atoms with Gasteiger partial charge in [0.15, 0.2) is 0 Å². The molecule has 0 amide bonds. The predicted molar refractivity (Wildman–Crippen MR) is 53.2 cm³/mol.